The van der Waals surface area contributed by atoms with Crippen molar-refractivity contribution in [1.29, 1.82) is 0 Å². The molecule has 108 valence electrons. The van der Waals surface area contributed by atoms with Gasteiger partial charge in [0.2, 0.25) is 5.91 Å². The molecule has 1 aromatic heterocycles. The van der Waals surface area contributed by atoms with Gasteiger partial charge in [-0.05, 0) is 25.7 Å². The molecule has 0 bridgehead atoms. The highest BCUT2D eigenvalue weighted by Gasteiger charge is 2.31. The molecule has 0 N–H and O–H groups in total. The van der Waals surface area contributed by atoms with Crippen molar-refractivity contribution < 1.29 is 9.59 Å². The van der Waals surface area contributed by atoms with Crippen molar-refractivity contribution in [1.82, 2.24) is 18.5 Å². The topological polar surface area (TPSA) is 66.4 Å². The second-order valence-corrected chi connectivity index (χ2v) is 5.92. The van der Waals surface area contributed by atoms with Crippen LogP contribution in [0, 0.1) is 0 Å². The van der Waals surface area contributed by atoms with Gasteiger partial charge in [0.1, 0.15) is 0 Å². The molecule has 0 saturated carbocycles. The van der Waals surface area contributed by atoms with E-state index in [0.29, 0.717) is 31.2 Å². The zero-order valence-corrected chi connectivity index (χ0v) is 12.1. The molecule has 2 aliphatic rings. The summed E-state index contributed by atoms with van der Waals surface area (Å²) in [4.78, 5) is 27.9. The summed E-state index contributed by atoms with van der Waals surface area (Å²) in [5.74, 6) is 0.242. The van der Waals surface area contributed by atoms with Crippen LogP contribution in [-0.2, 0) is 4.79 Å². The van der Waals surface area contributed by atoms with Crippen LogP contribution in [0.5, 0.6) is 0 Å². The Morgan fingerprint density at radius 3 is 2.70 bits per heavy atom. The highest BCUT2D eigenvalue weighted by Crippen LogP contribution is 2.22. The molecule has 0 spiro atoms. The molecule has 6 nitrogen and oxygen atoms in total. The fourth-order valence-corrected chi connectivity index (χ4v) is 3.42. The van der Waals surface area contributed by atoms with Crippen LogP contribution in [0.15, 0.2) is 6.20 Å². The molecular weight excluding hydrogens is 276 g/mol. The molecule has 0 atom stereocenters. The summed E-state index contributed by atoms with van der Waals surface area (Å²) >= 11 is 1.06. The predicted molar refractivity (Wildman–Crippen MR) is 74.4 cm³/mol. The molecule has 2 amide bonds. The lowest BCUT2D eigenvalue weighted by Gasteiger charge is -2.40. The van der Waals surface area contributed by atoms with Crippen molar-refractivity contribution in [2.45, 2.75) is 38.1 Å². The molecule has 2 aliphatic heterocycles. The number of nitrogens with zero attached hydrogens (tertiary/aromatic N) is 4. The zero-order chi connectivity index (χ0) is 13.9. The maximum Gasteiger partial charge on any atom is 0.275 e. The summed E-state index contributed by atoms with van der Waals surface area (Å²) < 4.78 is 7.85. The van der Waals surface area contributed by atoms with Crippen LogP contribution >= 0.6 is 11.7 Å². The standard InChI is InChI=1S/C13H18N4O2S/c18-12-3-1-2-6-17(12)10-4-7-16(8-5-10)13(19)11-9-14-20-15-11/h9-10H,1-8H2. The number of rotatable bonds is 2. The van der Waals surface area contributed by atoms with E-state index in [2.05, 4.69) is 8.75 Å². The van der Waals surface area contributed by atoms with E-state index in [1.807, 2.05) is 9.80 Å². The summed E-state index contributed by atoms with van der Waals surface area (Å²) in [6.07, 6.45) is 6.07. The summed E-state index contributed by atoms with van der Waals surface area (Å²) in [5.41, 5.74) is 0.433. The van der Waals surface area contributed by atoms with Gasteiger partial charge in [-0.3, -0.25) is 9.59 Å². The van der Waals surface area contributed by atoms with Crippen molar-refractivity contribution in [2.24, 2.45) is 0 Å². The number of amides is 2. The molecular formula is C13H18N4O2S. The molecule has 0 radical (unpaired) electrons. The molecule has 0 unspecified atom stereocenters. The van der Waals surface area contributed by atoms with Crippen LogP contribution in [0.4, 0.5) is 0 Å². The lowest BCUT2D eigenvalue weighted by molar-refractivity contribution is -0.136. The van der Waals surface area contributed by atoms with Gasteiger partial charge >= 0.3 is 0 Å². The van der Waals surface area contributed by atoms with Gasteiger partial charge in [0.25, 0.3) is 5.91 Å². The predicted octanol–water partition coefficient (Wildman–Crippen LogP) is 1.16. The second-order valence-electron chi connectivity index (χ2n) is 5.36. The van der Waals surface area contributed by atoms with Crippen molar-refractivity contribution in [3.8, 4) is 0 Å². The summed E-state index contributed by atoms with van der Waals surface area (Å²) in [7, 11) is 0. The van der Waals surface area contributed by atoms with Gasteiger partial charge < -0.3 is 9.80 Å². The average molecular weight is 294 g/mol. The SMILES string of the molecule is O=C(c1cnsn1)N1CCC(N2CCCCC2=O)CC1. The number of carbonyl (C=O) groups excluding carboxylic acids is 2. The van der Waals surface area contributed by atoms with E-state index in [4.69, 9.17) is 0 Å². The van der Waals surface area contributed by atoms with E-state index >= 15 is 0 Å². The first-order valence-electron chi connectivity index (χ1n) is 7.12. The lowest BCUT2D eigenvalue weighted by atomic mass is 9.99. The van der Waals surface area contributed by atoms with E-state index in [0.717, 1.165) is 44.0 Å². The molecule has 3 rings (SSSR count). The number of likely N-dealkylation sites (tertiary alicyclic amines) is 2. The Balaban J connectivity index is 1.57. The van der Waals surface area contributed by atoms with Gasteiger partial charge in [-0.2, -0.15) is 8.75 Å². The Morgan fingerprint density at radius 1 is 1.25 bits per heavy atom. The highest BCUT2D eigenvalue weighted by molar-refractivity contribution is 6.99. The van der Waals surface area contributed by atoms with Crippen LogP contribution in [0.1, 0.15) is 42.6 Å². The van der Waals surface area contributed by atoms with Crippen LogP contribution in [0.3, 0.4) is 0 Å². The van der Waals surface area contributed by atoms with Crippen LogP contribution < -0.4 is 0 Å². The Hall–Kier alpha value is -1.50. The third-order valence-electron chi connectivity index (χ3n) is 4.13. The maximum absolute atomic E-state index is 12.2. The van der Waals surface area contributed by atoms with Crippen molar-refractivity contribution in [2.75, 3.05) is 19.6 Å². The third kappa shape index (κ3) is 2.67. The van der Waals surface area contributed by atoms with Crippen molar-refractivity contribution >= 4 is 23.5 Å². The number of hydrogen-bond acceptors (Lipinski definition) is 5. The first-order valence-corrected chi connectivity index (χ1v) is 7.85. The molecule has 2 fully saturated rings. The Kier molecular flexibility index (Phi) is 3.95. The summed E-state index contributed by atoms with van der Waals surface area (Å²) in [5, 5.41) is 0. The van der Waals surface area contributed by atoms with Gasteiger partial charge in [-0.15, -0.1) is 0 Å². The molecule has 2 saturated heterocycles. The quantitative estimate of drug-likeness (QED) is 0.821. The minimum atomic E-state index is -0.0397. The fourth-order valence-electron chi connectivity index (χ4n) is 3.01. The fraction of sp³-hybridized carbons (Fsp3) is 0.692. The van der Waals surface area contributed by atoms with E-state index in [9.17, 15) is 9.59 Å². The average Bonchev–Trinajstić information content (AvgIpc) is 3.01. The minimum absolute atomic E-state index is 0.0397. The van der Waals surface area contributed by atoms with Gasteiger partial charge in [0, 0.05) is 32.1 Å². The van der Waals surface area contributed by atoms with E-state index in [1.165, 1.54) is 6.20 Å². The molecule has 0 aromatic carbocycles. The maximum atomic E-state index is 12.2. The monoisotopic (exact) mass is 294 g/mol. The lowest BCUT2D eigenvalue weighted by Crippen LogP contribution is -2.50. The first kappa shape index (κ1) is 13.5. The second kappa shape index (κ2) is 5.87. The minimum Gasteiger partial charge on any atom is -0.340 e. The van der Waals surface area contributed by atoms with Crippen LogP contribution in [-0.4, -0.2) is 56.0 Å². The van der Waals surface area contributed by atoms with Crippen molar-refractivity contribution in [3.05, 3.63) is 11.9 Å². The first-order chi connectivity index (χ1) is 9.75. The molecule has 7 heteroatoms. The van der Waals surface area contributed by atoms with Gasteiger partial charge in [0.15, 0.2) is 5.69 Å². The van der Waals surface area contributed by atoms with E-state index in [1.54, 1.807) is 0 Å². The smallest absolute Gasteiger partial charge is 0.275 e. The summed E-state index contributed by atoms with van der Waals surface area (Å²) in [6, 6.07) is 0.306. The number of piperidine rings is 2. The largest absolute Gasteiger partial charge is 0.340 e. The Morgan fingerprint density at radius 2 is 2.05 bits per heavy atom. The van der Waals surface area contributed by atoms with Crippen LogP contribution in [0.2, 0.25) is 0 Å². The Labute approximate surface area is 122 Å². The molecule has 20 heavy (non-hydrogen) atoms. The number of hydrogen-bond donors (Lipinski definition) is 0. The van der Waals surface area contributed by atoms with E-state index < -0.39 is 0 Å². The number of aromatic nitrogens is 2. The number of carbonyl (C=O) groups is 2. The zero-order valence-electron chi connectivity index (χ0n) is 11.3. The van der Waals surface area contributed by atoms with Crippen molar-refractivity contribution in [3.63, 3.8) is 0 Å². The van der Waals surface area contributed by atoms with E-state index in [-0.39, 0.29) is 11.8 Å². The highest BCUT2D eigenvalue weighted by atomic mass is 32.1. The normalized spacial score (nSPS) is 21.3. The molecule has 0 aliphatic carbocycles. The van der Waals surface area contributed by atoms with Crippen LogP contribution in [0.25, 0.3) is 0 Å². The molecule has 1 aromatic rings. The third-order valence-corrected chi connectivity index (χ3v) is 4.61. The Bertz CT molecular complexity index is 483. The van der Waals surface area contributed by atoms with Gasteiger partial charge in [-0.1, -0.05) is 0 Å². The molecule has 3 heterocycles. The summed E-state index contributed by atoms with van der Waals surface area (Å²) in [6.45, 7) is 2.28. The van der Waals surface area contributed by atoms with Gasteiger partial charge in [-0.25, -0.2) is 0 Å². The van der Waals surface area contributed by atoms with Gasteiger partial charge in [0.05, 0.1) is 17.9 Å².